The first-order valence-electron chi connectivity index (χ1n) is 5.61. The van der Waals surface area contributed by atoms with Crippen molar-refractivity contribution in [3.8, 4) is 0 Å². The number of aliphatic hydroxyl groups excluding tert-OH is 1. The van der Waals surface area contributed by atoms with Gasteiger partial charge >= 0.3 is 0 Å². The molecule has 0 amide bonds. The zero-order valence-corrected chi connectivity index (χ0v) is 10.0. The summed E-state index contributed by atoms with van der Waals surface area (Å²) in [5.41, 5.74) is 0.0945. The summed E-state index contributed by atoms with van der Waals surface area (Å²) in [5, 5.41) is 15.1. The zero-order chi connectivity index (χ0) is 10.7. The lowest BCUT2D eigenvalue weighted by molar-refractivity contribution is 0.118. The first-order chi connectivity index (χ1) is 7.24. The molecule has 1 aliphatic rings. The molecule has 0 radical (unpaired) electrons. The van der Waals surface area contributed by atoms with Crippen LogP contribution in [0, 0.1) is 5.41 Å². The molecule has 84 valence electrons. The third-order valence-electron chi connectivity index (χ3n) is 3.55. The van der Waals surface area contributed by atoms with Gasteiger partial charge in [0.2, 0.25) is 0 Å². The molecular formula is C12H19NOS. The number of hydrogen-bond donors (Lipinski definition) is 2. The first-order valence-corrected chi connectivity index (χ1v) is 6.49. The van der Waals surface area contributed by atoms with Crippen molar-refractivity contribution >= 4 is 11.3 Å². The number of hydrogen-bond acceptors (Lipinski definition) is 3. The maximum Gasteiger partial charge on any atom is 0.0499 e. The molecule has 1 saturated carbocycles. The molecule has 0 aliphatic heterocycles. The number of nitrogens with one attached hydrogen (secondary N) is 1. The van der Waals surface area contributed by atoms with Crippen molar-refractivity contribution < 1.29 is 5.11 Å². The molecule has 2 atom stereocenters. The summed E-state index contributed by atoms with van der Waals surface area (Å²) >= 11 is 1.79. The largest absolute Gasteiger partial charge is 0.396 e. The maximum absolute atomic E-state index is 9.42. The third-order valence-corrected chi connectivity index (χ3v) is 4.42. The molecule has 0 saturated heterocycles. The predicted molar refractivity (Wildman–Crippen MR) is 64.0 cm³/mol. The van der Waals surface area contributed by atoms with Crippen LogP contribution < -0.4 is 5.32 Å². The Kier molecular flexibility index (Phi) is 3.44. The summed E-state index contributed by atoms with van der Waals surface area (Å²) in [6.07, 6.45) is 3.58. The van der Waals surface area contributed by atoms with Crippen molar-refractivity contribution in [1.29, 1.82) is 0 Å². The van der Waals surface area contributed by atoms with Crippen LogP contribution in [0.1, 0.15) is 31.1 Å². The Morgan fingerprint density at radius 3 is 3.20 bits per heavy atom. The quantitative estimate of drug-likeness (QED) is 0.824. The fourth-order valence-corrected chi connectivity index (χ4v) is 3.06. The first kappa shape index (κ1) is 11.1. The minimum Gasteiger partial charge on any atom is -0.396 e. The fraction of sp³-hybridized carbons (Fsp3) is 0.667. The van der Waals surface area contributed by atoms with E-state index in [1.165, 1.54) is 17.7 Å². The number of rotatable bonds is 4. The average Bonchev–Trinajstić information content (AvgIpc) is 2.85. The smallest absolute Gasteiger partial charge is 0.0499 e. The molecule has 2 unspecified atom stereocenters. The highest BCUT2D eigenvalue weighted by Crippen LogP contribution is 2.37. The third kappa shape index (κ3) is 2.41. The van der Waals surface area contributed by atoms with Crippen molar-refractivity contribution in [1.82, 2.24) is 5.32 Å². The van der Waals surface area contributed by atoms with Crippen LogP contribution >= 0.6 is 11.3 Å². The fourth-order valence-electron chi connectivity index (χ4n) is 2.41. The van der Waals surface area contributed by atoms with Crippen LogP contribution in [0.2, 0.25) is 0 Å². The second kappa shape index (κ2) is 4.64. The summed E-state index contributed by atoms with van der Waals surface area (Å²) in [6.45, 7) is 3.43. The second-order valence-electron chi connectivity index (χ2n) is 4.72. The van der Waals surface area contributed by atoms with Gasteiger partial charge in [-0.25, -0.2) is 0 Å². The van der Waals surface area contributed by atoms with Crippen LogP contribution in [-0.2, 0) is 6.54 Å². The lowest BCUT2D eigenvalue weighted by Gasteiger charge is -2.30. The Morgan fingerprint density at radius 1 is 1.67 bits per heavy atom. The lowest BCUT2D eigenvalue weighted by Crippen LogP contribution is -2.41. The average molecular weight is 225 g/mol. The molecule has 1 aromatic rings. The Labute approximate surface area is 95.3 Å². The van der Waals surface area contributed by atoms with E-state index in [4.69, 9.17) is 0 Å². The Hall–Kier alpha value is -0.380. The Balaban J connectivity index is 1.89. The van der Waals surface area contributed by atoms with Gasteiger partial charge in [0.15, 0.2) is 0 Å². The van der Waals surface area contributed by atoms with Crippen molar-refractivity contribution in [2.24, 2.45) is 5.41 Å². The predicted octanol–water partition coefficient (Wildman–Crippen LogP) is 2.39. The summed E-state index contributed by atoms with van der Waals surface area (Å²) in [4.78, 5) is 1.38. The van der Waals surface area contributed by atoms with Gasteiger partial charge in [-0.15, -0.1) is 11.3 Å². The minimum atomic E-state index is 0.0945. The van der Waals surface area contributed by atoms with Gasteiger partial charge in [-0.3, -0.25) is 0 Å². The molecule has 0 bridgehead atoms. The summed E-state index contributed by atoms with van der Waals surface area (Å²) in [5.74, 6) is 0. The molecule has 0 aromatic carbocycles. The van der Waals surface area contributed by atoms with E-state index in [2.05, 4.69) is 29.8 Å². The monoisotopic (exact) mass is 225 g/mol. The van der Waals surface area contributed by atoms with Gasteiger partial charge in [-0.1, -0.05) is 19.4 Å². The summed E-state index contributed by atoms with van der Waals surface area (Å²) in [7, 11) is 0. The molecule has 1 heterocycles. The van der Waals surface area contributed by atoms with Gasteiger partial charge < -0.3 is 10.4 Å². The summed E-state index contributed by atoms with van der Waals surface area (Å²) < 4.78 is 0. The van der Waals surface area contributed by atoms with Gasteiger partial charge in [0.25, 0.3) is 0 Å². The van der Waals surface area contributed by atoms with E-state index in [9.17, 15) is 5.11 Å². The van der Waals surface area contributed by atoms with Crippen LogP contribution in [0.5, 0.6) is 0 Å². The lowest BCUT2D eigenvalue weighted by atomic mass is 9.86. The molecule has 2 N–H and O–H groups in total. The highest BCUT2D eigenvalue weighted by atomic mass is 32.1. The molecule has 1 aromatic heterocycles. The Morgan fingerprint density at radius 2 is 2.53 bits per heavy atom. The van der Waals surface area contributed by atoms with E-state index >= 15 is 0 Å². The van der Waals surface area contributed by atoms with E-state index in [-0.39, 0.29) is 5.41 Å². The standard InChI is InChI=1S/C12H19NOS/c1-12(9-14)6-2-5-11(12)13-8-10-4-3-7-15-10/h3-4,7,11,13-14H,2,5-6,8-9H2,1H3. The van der Waals surface area contributed by atoms with Crippen molar-refractivity contribution in [2.75, 3.05) is 6.61 Å². The second-order valence-corrected chi connectivity index (χ2v) is 5.75. The Bertz CT molecular complexity index is 299. The van der Waals surface area contributed by atoms with E-state index in [1.807, 2.05) is 0 Å². The zero-order valence-electron chi connectivity index (χ0n) is 9.20. The van der Waals surface area contributed by atoms with E-state index in [0.29, 0.717) is 12.6 Å². The van der Waals surface area contributed by atoms with Crippen LogP contribution in [0.25, 0.3) is 0 Å². The van der Waals surface area contributed by atoms with Crippen LogP contribution in [-0.4, -0.2) is 17.8 Å². The van der Waals surface area contributed by atoms with Gasteiger partial charge in [0.05, 0.1) is 0 Å². The minimum absolute atomic E-state index is 0.0945. The van der Waals surface area contributed by atoms with E-state index in [1.54, 1.807) is 11.3 Å². The molecule has 1 fully saturated rings. The normalized spacial score (nSPS) is 30.9. The molecule has 1 aliphatic carbocycles. The SMILES string of the molecule is CC1(CO)CCCC1NCc1cccs1. The molecule has 2 nitrogen and oxygen atoms in total. The van der Waals surface area contributed by atoms with Crippen LogP contribution in [0.15, 0.2) is 17.5 Å². The molecule has 2 rings (SSSR count). The van der Waals surface area contributed by atoms with Gasteiger partial charge in [-0.05, 0) is 24.3 Å². The van der Waals surface area contributed by atoms with Crippen molar-refractivity contribution in [3.05, 3.63) is 22.4 Å². The number of aliphatic hydroxyl groups is 1. The van der Waals surface area contributed by atoms with E-state index in [0.717, 1.165) is 13.0 Å². The molecular weight excluding hydrogens is 206 g/mol. The molecule has 3 heteroatoms. The molecule has 15 heavy (non-hydrogen) atoms. The van der Waals surface area contributed by atoms with Gasteiger partial charge in [0, 0.05) is 29.5 Å². The van der Waals surface area contributed by atoms with Crippen molar-refractivity contribution in [3.63, 3.8) is 0 Å². The maximum atomic E-state index is 9.42. The van der Waals surface area contributed by atoms with Gasteiger partial charge in [0.1, 0.15) is 0 Å². The highest BCUT2D eigenvalue weighted by molar-refractivity contribution is 7.09. The van der Waals surface area contributed by atoms with Crippen LogP contribution in [0.4, 0.5) is 0 Å². The topological polar surface area (TPSA) is 32.3 Å². The van der Waals surface area contributed by atoms with E-state index < -0.39 is 0 Å². The highest BCUT2D eigenvalue weighted by Gasteiger charge is 2.37. The molecule has 0 spiro atoms. The van der Waals surface area contributed by atoms with Crippen LogP contribution in [0.3, 0.4) is 0 Å². The van der Waals surface area contributed by atoms with Gasteiger partial charge in [-0.2, -0.15) is 0 Å². The number of thiophene rings is 1. The van der Waals surface area contributed by atoms with Crippen molar-refractivity contribution in [2.45, 2.75) is 38.8 Å². The summed E-state index contributed by atoms with van der Waals surface area (Å²) in [6, 6.07) is 4.72.